The molecule has 0 saturated carbocycles. The van der Waals surface area contributed by atoms with Gasteiger partial charge in [-0.3, -0.25) is 0 Å². The van der Waals surface area contributed by atoms with Gasteiger partial charge in [-0.1, -0.05) is 146 Å². The van der Waals surface area contributed by atoms with Gasteiger partial charge in [0.05, 0.1) is 0 Å². The van der Waals surface area contributed by atoms with Crippen LogP contribution in [0.2, 0.25) is 0 Å². The molecule has 0 atom stereocenters. The zero-order chi connectivity index (χ0) is 36.7. The van der Waals surface area contributed by atoms with E-state index in [1.54, 1.807) is 0 Å². The van der Waals surface area contributed by atoms with Crippen LogP contribution in [0.3, 0.4) is 0 Å². The quantitative estimate of drug-likeness (QED) is 0.170. The SMILES string of the molecule is c1ccc(-c2ccc3c(-c4ccc5oc6cc(-c7cccc8ccccc78)ccc6c5c4)c4ccccc4c(-c4ccc5oc6ccccc6c5c4)c3c2)cc1. The van der Waals surface area contributed by atoms with Crippen LogP contribution in [0.25, 0.3) is 121 Å². The van der Waals surface area contributed by atoms with Crippen LogP contribution in [0, 0.1) is 0 Å². The highest BCUT2D eigenvalue weighted by molar-refractivity contribution is 6.23. The maximum atomic E-state index is 6.59. The van der Waals surface area contributed by atoms with Crippen LogP contribution < -0.4 is 0 Å². The van der Waals surface area contributed by atoms with Crippen molar-refractivity contribution in [3.63, 3.8) is 0 Å². The molecular formula is C54H32O2. The molecule has 0 amide bonds. The lowest BCUT2D eigenvalue weighted by Crippen LogP contribution is -1.92. The molecule has 0 aliphatic rings. The molecule has 0 N–H and O–H groups in total. The van der Waals surface area contributed by atoms with Gasteiger partial charge >= 0.3 is 0 Å². The van der Waals surface area contributed by atoms with Gasteiger partial charge < -0.3 is 8.83 Å². The summed E-state index contributed by atoms with van der Waals surface area (Å²) < 4.78 is 12.9. The summed E-state index contributed by atoms with van der Waals surface area (Å²) in [6.45, 7) is 0. The topological polar surface area (TPSA) is 26.3 Å². The molecule has 2 heterocycles. The first-order chi connectivity index (χ1) is 27.7. The van der Waals surface area contributed by atoms with E-state index in [-0.39, 0.29) is 0 Å². The van der Waals surface area contributed by atoms with Crippen molar-refractivity contribution < 1.29 is 8.83 Å². The van der Waals surface area contributed by atoms with Gasteiger partial charge in [0.1, 0.15) is 22.3 Å². The first-order valence-corrected chi connectivity index (χ1v) is 19.2. The van der Waals surface area contributed by atoms with Crippen LogP contribution >= 0.6 is 0 Å². The first-order valence-electron chi connectivity index (χ1n) is 19.2. The third-order valence-corrected chi connectivity index (χ3v) is 11.7. The molecule has 0 spiro atoms. The first kappa shape index (κ1) is 31.0. The molecule has 12 aromatic rings. The number of furan rings is 2. The predicted octanol–water partition coefficient (Wildman–Crippen LogP) is 15.6. The van der Waals surface area contributed by atoms with Crippen molar-refractivity contribution in [2.45, 2.75) is 0 Å². The highest BCUT2D eigenvalue weighted by Gasteiger charge is 2.20. The molecule has 0 aliphatic carbocycles. The molecular weight excluding hydrogens is 681 g/mol. The minimum Gasteiger partial charge on any atom is -0.456 e. The van der Waals surface area contributed by atoms with Gasteiger partial charge in [-0.25, -0.2) is 0 Å². The van der Waals surface area contributed by atoms with Crippen LogP contribution in [0.4, 0.5) is 0 Å². The molecule has 260 valence electrons. The third kappa shape index (κ3) is 4.69. The Labute approximate surface area is 322 Å². The Balaban J connectivity index is 1.10. The van der Waals surface area contributed by atoms with Crippen LogP contribution in [0.5, 0.6) is 0 Å². The fourth-order valence-electron chi connectivity index (χ4n) is 9.07. The predicted molar refractivity (Wildman–Crippen MR) is 235 cm³/mol. The molecule has 0 bridgehead atoms. The summed E-state index contributed by atoms with van der Waals surface area (Å²) in [6, 6.07) is 69.9. The van der Waals surface area contributed by atoms with Gasteiger partial charge in [0.25, 0.3) is 0 Å². The highest BCUT2D eigenvalue weighted by atomic mass is 16.3. The van der Waals surface area contributed by atoms with Crippen LogP contribution in [0.15, 0.2) is 203 Å². The van der Waals surface area contributed by atoms with E-state index >= 15 is 0 Å². The summed E-state index contributed by atoms with van der Waals surface area (Å²) in [5.41, 5.74) is 13.1. The van der Waals surface area contributed by atoms with Crippen LogP contribution in [0.1, 0.15) is 0 Å². The number of para-hydroxylation sites is 1. The normalized spacial score (nSPS) is 11.9. The Morgan fingerprint density at radius 1 is 0.232 bits per heavy atom. The highest BCUT2D eigenvalue weighted by Crippen LogP contribution is 2.47. The summed E-state index contributed by atoms with van der Waals surface area (Å²) in [6.07, 6.45) is 0. The maximum Gasteiger partial charge on any atom is 0.136 e. The van der Waals surface area contributed by atoms with Gasteiger partial charge in [0.2, 0.25) is 0 Å². The van der Waals surface area contributed by atoms with Crippen LogP contribution in [-0.2, 0) is 0 Å². The molecule has 2 heteroatoms. The van der Waals surface area contributed by atoms with Crippen molar-refractivity contribution in [2.75, 3.05) is 0 Å². The van der Waals surface area contributed by atoms with E-state index in [1.807, 2.05) is 12.1 Å². The second-order valence-corrected chi connectivity index (χ2v) is 14.8. The van der Waals surface area contributed by atoms with E-state index in [4.69, 9.17) is 8.83 Å². The summed E-state index contributed by atoms with van der Waals surface area (Å²) in [4.78, 5) is 0. The molecule has 10 aromatic carbocycles. The number of rotatable bonds is 4. The lowest BCUT2D eigenvalue weighted by molar-refractivity contribution is 0.668. The van der Waals surface area contributed by atoms with Gasteiger partial charge in [0, 0.05) is 21.5 Å². The van der Waals surface area contributed by atoms with E-state index in [0.29, 0.717) is 0 Å². The lowest BCUT2D eigenvalue weighted by Gasteiger charge is -2.19. The van der Waals surface area contributed by atoms with E-state index < -0.39 is 0 Å². The van der Waals surface area contributed by atoms with E-state index in [2.05, 4.69) is 182 Å². The number of fused-ring (bicyclic) bond motifs is 9. The van der Waals surface area contributed by atoms with Crippen molar-refractivity contribution in [2.24, 2.45) is 0 Å². The average molecular weight is 713 g/mol. The minimum absolute atomic E-state index is 0.885. The van der Waals surface area contributed by atoms with Crippen molar-refractivity contribution in [1.82, 2.24) is 0 Å². The maximum absolute atomic E-state index is 6.59. The average Bonchev–Trinajstić information content (AvgIpc) is 3.82. The number of hydrogen-bond acceptors (Lipinski definition) is 2. The smallest absolute Gasteiger partial charge is 0.136 e. The Morgan fingerprint density at radius 3 is 1.50 bits per heavy atom. The van der Waals surface area contributed by atoms with Gasteiger partial charge in [0.15, 0.2) is 0 Å². The summed E-state index contributed by atoms with van der Waals surface area (Å²) in [7, 11) is 0. The fraction of sp³-hybridized carbons (Fsp3) is 0. The van der Waals surface area contributed by atoms with E-state index in [9.17, 15) is 0 Å². The van der Waals surface area contributed by atoms with E-state index in [1.165, 1.54) is 65.7 Å². The molecule has 0 unspecified atom stereocenters. The van der Waals surface area contributed by atoms with Crippen LogP contribution in [-0.4, -0.2) is 0 Å². The van der Waals surface area contributed by atoms with Crippen molar-refractivity contribution in [1.29, 1.82) is 0 Å². The fourth-order valence-corrected chi connectivity index (χ4v) is 9.07. The second kappa shape index (κ2) is 12.0. The van der Waals surface area contributed by atoms with Gasteiger partial charge in [-0.2, -0.15) is 0 Å². The standard InChI is InChI=1S/C54H32O2/c1-2-11-33(12-3-1)35-21-26-45-48(29-35)54(38-24-27-50-46(31-38)41-16-8-9-20-49(41)55-50)44-18-7-6-17-43(44)53(45)37-23-28-51-47(30-37)42-25-22-36(32-52(42)56-51)40-19-10-14-34-13-4-5-15-39(34)40/h1-32H. The molecule has 2 nitrogen and oxygen atoms in total. The zero-order valence-electron chi connectivity index (χ0n) is 30.3. The number of benzene rings is 10. The van der Waals surface area contributed by atoms with Crippen molar-refractivity contribution >= 4 is 76.2 Å². The summed E-state index contributed by atoms with van der Waals surface area (Å²) in [5, 5.41) is 11.8. The molecule has 56 heavy (non-hydrogen) atoms. The monoisotopic (exact) mass is 712 g/mol. The minimum atomic E-state index is 0.885. The molecule has 0 saturated heterocycles. The largest absolute Gasteiger partial charge is 0.456 e. The Kier molecular flexibility index (Phi) is 6.66. The summed E-state index contributed by atoms with van der Waals surface area (Å²) in [5.74, 6) is 0. The van der Waals surface area contributed by atoms with Gasteiger partial charge in [-0.15, -0.1) is 0 Å². The Morgan fingerprint density at radius 2 is 0.732 bits per heavy atom. The lowest BCUT2D eigenvalue weighted by atomic mass is 9.84. The second-order valence-electron chi connectivity index (χ2n) is 14.8. The van der Waals surface area contributed by atoms with Crippen molar-refractivity contribution in [3.8, 4) is 44.5 Å². The molecule has 0 fully saturated rings. The molecule has 0 aliphatic heterocycles. The van der Waals surface area contributed by atoms with Crippen molar-refractivity contribution in [3.05, 3.63) is 194 Å². The zero-order valence-corrected chi connectivity index (χ0v) is 30.3. The Bertz CT molecular complexity index is 3520. The molecule has 0 radical (unpaired) electrons. The van der Waals surface area contributed by atoms with E-state index in [0.717, 1.165) is 55.0 Å². The molecule has 2 aromatic heterocycles. The number of hydrogen-bond donors (Lipinski definition) is 0. The third-order valence-electron chi connectivity index (χ3n) is 11.7. The summed E-state index contributed by atoms with van der Waals surface area (Å²) >= 11 is 0. The Hall–Kier alpha value is -7.42. The molecule has 12 rings (SSSR count). The van der Waals surface area contributed by atoms with Gasteiger partial charge in [-0.05, 0) is 125 Å².